The van der Waals surface area contributed by atoms with Crippen LogP contribution in [0, 0.1) is 6.92 Å². The van der Waals surface area contributed by atoms with Gasteiger partial charge in [0.25, 0.3) is 5.91 Å². The molecule has 0 saturated carbocycles. The normalized spacial score (nSPS) is 10.9. The number of carbonyl (C=O) groups is 1. The highest BCUT2D eigenvalue weighted by Gasteiger charge is 2.17. The van der Waals surface area contributed by atoms with Gasteiger partial charge in [0.1, 0.15) is 30.1 Å². The predicted octanol–water partition coefficient (Wildman–Crippen LogP) is 1.96. The zero-order valence-corrected chi connectivity index (χ0v) is 16.4. The van der Waals surface area contributed by atoms with Crippen LogP contribution in [-0.4, -0.2) is 59.9 Å². The molecule has 28 heavy (non-hydrogen) atoms. The lowest BCUT2D eigenvalue weighted by Crippen LogP contribution is -2.25. The third-order valence-electron chi connectivity index (χ3n) is 4.46. The maximum absolute atomic E-state index is 12.4. The van der Waals surface area contributed by atoms with Crippen LogP contribution in [0.3, 0.4) is 0 Å². The average molecular weight is 386 g/mol. The molecule has 0 saturated heterocycles. The van der Waals surface area contributed by atoms with Crippen LogP contribution in [0.25, 0.3) is 11.0 Å². The number of rotatable bonds is 7. The van der Waals surface area contributed by atoms with Crippen LogP contribution in [0.1, 0.15) is 21.6 Å². The quantitative estimate of drug-likeness (QED) is 0.668. The summed E-state index contributed by atoms with van der Waals surface area (Å²) in [6, 6.07) is 3.42. The topological polar surface area (TPSA) is 85.2 Å². The molecule has 1 aromatic carbocycles. The Hall–Kier alpha value is -3.23. The average Bonchev–Trinajstić information content (AvgIpc) is 3.09. The van der Waals surface area contributed by atoms with Gasteiger partial charge < -0.3 is 19.5 Å². The molecule has 0 bridgehead atoms. The van der Waals surface area contributed by atoms with Crippen molar-refractivity contribution in [1.82, 2.24) is 24.8 Å². The van der Waals surface area contributed by atoms with E-state index < -0.39 is 6.67 Å². The highest BCUT2D eigenvalue weighted by molar-refractivity contribution is 6.05. The van der Waals surface area contributed by atoms with Crippen molar-refractivity contribution in [2.45, 2.75) is 13.5 Å². The molecule has 0 radical (unpaired) electrons. The number of hydrogen-bond acceptors (Lipinski definition) is 6. The number of methoxy groups -OCH3 is 1. The van der Waals surface area contributed by atoms with E-state index in [9.17, 15) is 9.18 Å². The Kier molecular flexibility index (Phi) is 5.72. The Morgan fingerprint density at radius 1 is 1.29 bits per heavy atom. The van der Waals surface area contributed by atoms with Crippen molar-refractivity contribution < 1.29 is 13.9 Å². The van der Waals surface area contributed by atoms with Crippen LogP contribution in [0.2, 0.25) is 0 Å². The monoisotopic (exact) mass is 386 g/mol. The third-order valence-corrected chi connectivity index (χ3v) is 4.46. The molecule has 3 aromatic rings. The van der Waals surface area contributed by atoms with Crippen molar-refractivity contribution in [1.29, 1.82) is 0 Å². The number of alkyl halides is 1. The van der Waals surface area contributed by atoms with Gasteiger partial charge in [0.2, 0.25) is 0 Å². The minimum Gasteiger partial charge on any atom is -0.497 e. The van der Waals surface area contributed by atoms with Crippen LogP contribution in [0.15, 0.2) is 24.8 Å². The van der Waals surface area contributed by atoms with E-state index >= 15 is 0 Å². The van der Waals surface area contributed by atoms with Gasteiger partial charge in [-0.15, -0.1) is 0 Å². The number of carbonyl (C=O) groups excluding carboxylic acids is 1. The number of halogens is 1. The molecule has 2 heterocycles. The minimum absolute atomic E-state index is 0.0499. The number of hydrogen-bond donors (Lipinski definition) is 1. The lowest BCUT2D eigenvalue weighted by Gasteiger charge is -2.16. The summed E-state index contributed by atoms with van der Waals surface area (Å²) in [4.78, 5) is 27.5. The second kappa shape index (κ2) is 8.20. The molecule has 1 amide bonds. The van der Waals surface area contributed by atoms with E-state index in [1.807, 2.05) is 36.6 Å². The number of ether oxygens (including phenoxy) is 1. The molecular formula is C19H23FN6O2. The van der Waals surface area contributed by atoms with Crippen molar-refractivity contribution in [3.05, 3.63) is 41.6 Å². The van der Waals surface area contributed by atoms with Gasteiger partial charge in [0.15, 0.2) is 0 Å². The Morgan fingerprint density at radius 3 is 2.75 bits per heavy atom. The molecule has 9 heteroatoms. The first-order chi connectivity index (χ1) is 13.5. The third kappa shape index (κ3) is 3.73. The van der Waals surface area contributed by atoms with E-state index in [1.54, 1.807) is 12.4 Å². The fourth-order valence-corrected chi connectivity index (χ4v) is 3.06. The standard InChI is InChI=1S/C19H23FN6O2/c1-12-15(22-10-23-18(12)25(2)3)9-26-11-24-17-14(19(27)21-6-5-20)7-13(28-4)8-16(17)26/h7-8,10-11H,5-6,9H2,1-4H3,(H,21,27). The molecule has 0 aliphatic heterocycles. The zero-order valence-electron chi connectivity index (χ0n) is 16.4. The highest BCUT2D eigenvalue weighted by atomic mass is 19.1. The van der Waals surface area contributed by atoms with Gasteiger partial charge in [-0.05, 0) is 13.0 Å². The van der Waals surface area contributed by atoms with Crippen molar-refractivity contribution in [2.24, 2.45) is 0 Å². The number of nitrogens with one attached hydrogen (secondary N) is 1. The molecule has 2 aromatic heterocycles. The Labute approximate surface area is 162 Å². The molecule has 0 aliphatic carbocycles. The van der Waals surface area contributed by atoms with Crippen molar-refractivity contribution in [2.75, 3.05) is 39.3 Å². The summed E-state index contributed by atoms with van der Waals surface area (Å²) in [5.41, 5.74) is 3.42. The summed E-state index contributed by atoms with van der Waals surface area (Å²) in [7, 11) is 5.39. The summed E-state index contributed by atoms with van der Waals surface area (Å²) >= 11 is 0. The largest absolute Gasteiger partial charge is 0.497 e. The van der Waals surface area contributed by atoms with E-state index in [2.05, 4.69) is 20.3 Å². The number of fused-ring (bicyclic) bond motifs is 1. The molecule has 0 aliphatic rings. The molecule has 0 atom stereocenters. The van der Waals surface area contributed by atoms with Gasteiger partial charge in [0.05, 0.1) is 36.8 Å². The van der Waals surface area contributed by atoms with Gasteiger partial charge in [-0.1, -0.05) is 0 Å². The van der Waals surface area contributed by atoms with E-state index in [0.29, 0.717) is 23.4 Å². The van der Waals surface area contributed by atoms with Crippen LogP contribution >= 0.6 is 0 Å². The van der Waals surface area contributed by atoms with Gasteiger partial charge in [-0.2, -0.15) is 0 Å². The van der Waals surface area contributed by atoms with E-state index in [0.717, 1.165) is 22.6 Å². The number of anilines is 1. The fraction of sp³-hybridized carbons (Fsp3) is 0.368. The maximum atomic E-state index is 12.4. The van der Waals surface area contributed by atoms with Crippen molar-refractivity contribution >= 4 is 22.8 Å². The van der Waals surface area contributed by atoms with Gasteiger partial charge in [-0.25, -0.2) is 19.3 Å². The first-order valence-electron chi connectivity index (χ1n) is 8.81. The number of imidazole rings is 1. The summed E-state index contributed by atoms with van der Waals surface area (Å²) in [5.74, 6) is 0.978. The Morgan fingerprint density at radius 2 is 2.07 bits per heavy atom. The second-order valence-electron chi connectivity index (χ2n) is 6.52. The van der Waals surface area contributed by atoms with Crippen LogP contribution in [-0.2, 0) is 6.54 Å². The number of aromatic nitrogens is 4. The highest BCUT2D eigenvalue weighted by Crippen LogP contribution is 2.26. The Balaban J connectivity index is 2.04. The summed E-state index contributed by atoms with van der Waals surface area (Å²) in [6.45, 7) is 1.75. The fourth-order valence-electron chi connectivity index (χ4n) is 3.06. The first kappa shape index (κ1) is 19.5. The van der Waals surface area contributed by atoms with Crippen LogP contribution < -0.4 is 15.0 Å². The molecule has 3 rings (SSSR count). The summed E-state index contributed by atoms with van der Waals surface area (Å²) in [6.07, 6.45) is 3.19. The van der Waals surface area contributed by atoms with Crippen LogP contribution in [0.4, 0.5) is 10.2 Å². The lowest BCUT2D eigenvalue weighted by atomic mass is 10.1. The van der Waals surface area contributed by atoms with Gasteiger partial charge in [0, 0.05) is 32.3 Å². The number of amides is 1. The van der Waals surface area contributed by atoms with Crippen molar-refractivity contribution in [3.63, 3.8) is 0 Å². The maximum Gasteiger partial charge on any atom is 0.253 e. The summed E-state index contributed by atoms with van der Waals surface area (Å²) in [5, 5.41) is 2.54. The SMILES string of the molecule is COc1cc(C(=O)NCCF)c2ncn(Cc3ncnc(N(C)C)c3C)c2c1. The number of benzene rings is 1. The zero-order chi connectivity index (χ0) is 20.3. The molecule has 148 valence electrons. The van der Waals surface area contributed by atoms with E-state index in [4.69, 9.17) is 4.74 Å². The predicted molar refractivity (Wildman–Crippen MR) is 105 cm³/mol. The first-order valence-corrected chi connectivity index (χ1v) is 8.81. The molecular weight excluding hydrogens is 363 g/mol. The van der Waals surface area contributed by atoms with Gasteiger partial charge >= 0.3 is 0 Å². The molecule has 1 N–H and O–H groups in total. The van der Waals surface area contributed by atoms with Crippen molar-refractivity contribution in [3.8, 4) is 5.75 Å². The van der Waals surface area contributed by atoms with E-state index in [1.165, 1.54) is 13.4 Å². The molecule has 8 nitrogen and oxygen atoms in total. The van der Waals surface area contributed by atoms with Crippen LogP contribution in [0.5, 0.6) is 5.75 Å². The summed E-state index contributed by atoms with van der Waals surface area (Å²) < 4.78 is 19.7. The Bertz CT molecular complexity index is 1000. The number of nitrogens with zero attached hydrogens (tertiary/aromatic N) is 5. The molecule has 0 unspecified atom stereocenters. The molecule has 0 spiro atoms. The smallest absolute Gasteiger partial charge is 0.253 e. The minimum atomic E-state index is -0.630. The van der Waals surface area contributed by atoms with Gasteiger partial charge in [-0.3, -0.25) is 4.79 Å². The second-order valence-corrected chi connectivity index (χ2v) is 6.52. The van der Waals surface area contributed by atoms with E-state index in [-0.39, 0.29) is 12.5 Å². The lowest BCUT2D eigenvalue weighted by molar-refractivity contribution is 0.0952. The molecule has 0 fully saturated rings.